The predicted octanol–water partition coefficient (Wildman–Crippen LogP) is 2.19. The summed E-state index contributed by atoms with van der Waals surface area (Å²) in [5.41, 5.74) is 1.74. The molecular formula is C15H20N2O2. The van der Waals surface area contributed by atoms with Crippen LogP contribution in [0.15, 0.2) is 48.6 Å². The molecule has 4 nitrogen and oxygen atoms in total. The summed E-state index contributed by atoms with van der Waals surface area (Å²) in [5.74, 6) is -0.158. The molecule has 1 rings (SSSR count). The van der Waals surface area contributed by atoms with E-state index in [1.807, 2.05) is 49.2 Å². The Morgan fingerprint density at radius 1 is 1.32 bits per heavy atom. The summed E-state index contributed by atoms with van der Waals surface area (Å²) >= 11 is 0. The SMILES string of the molecule is CC=CC=CC(=O)Nc1ccc(N(C)CCO)cc1. The van der Waals surface area contributed by atoms with Gasteiger partial charge in [-0.3, -0.25) is 4.79 Å². The number of hydrogen-bond donors (Lipinski definition) is 2. The molecule has 0 aliphatic heterocycles. The molecule has 0 aliphatic rings. The van der Waals surface area contributed by atoms with Gasteiger partial charge in [0.25, 0.3) is 0 Å². The zero-order valence-electron chi connectivity index (χ0n) is 11.3. The maximum absolute atomic E-state index is 11.5. The Balaban J connectivity index is 2.59. The van der Waals surface area contributed by atoms with E-state index in [1.165, 1.54) is 6.08 Å². The monoisotopic (exact) mass is 260 g/mol. The summed E-state index contributed by atoms with van der Waals surface area (Å²) in [6.07, 6.45) is 6.83. The lowest BCUT2D eigenvalue weighted by Gasteiger charge is -2.18. The fraction of sp³-hybridized carbons (Fsp3) is 0.267. The minimum atomic E-state index is -0.158. The number of rotatable bonds is 6. The first kappa shape index (κ1) is 15.0. The number of hydrogen-bond acceptors (Lipinski definition) is 3. The van der Waals surface area contributed by atoms with Gasteiger partial charge >= 0.3 is 0 Å². The first-order chi connectivity index (χ1) is 9.17. The smallest absolute Gasteiger partial charge is 0.248 e. The minimum Gasteiger partial charge on any atom is -0.395 e. The van der Waals surface area contributed by atoms with Gasteiger partial charge in [-0.05, 0) is 31.2 Å². The third-order valence-electron chi connectivity index (χ3n) is 2.56. The molecule has 19 heavy (non-hydrogen) atoms. The van der Waals surface area contributed by atoms with Gasteiger partial charge in [-0.25, -0.2) is 0 Å². The number of aliphatic hydroxyl groups excluding tert-OH is 1. The second-order valence-electron chi connectivity index (χ2n) is 4.07. The van der Waals surface area contributed by atoms with Gasteiger partial charge in [-0.15, -0.1) is 0 Å². The van der Waals surface area contributed by atoms with Crippen LogP contribution in [-0.2, 0) is 4.79 Å². The van der Waals surface area contributed by atoms with E-state index in [-0.39, 0.29) is 12.5 Å². The van der Waals surface area contributed by atoms with E-state index >= 15 is 0 Å². The average molecular weight is 260 g/mol. The van der Waals surface area contributed by atoms with Crippen LogP contribution in [0.25, 0.3) is 0 Å². The Morgan fingerprint density at radius 2 is 2.00 bits per heavy atom. The quantitative estimate of drug-likeness (QED) is 0.609. The molecule has 0 radical (unpaired) electrons. The minimum absolute atomic E-state index is 0.116. The number of likely N-dealkylation sites (N-methyl/N-ethyl adjacent to an activating group) is 1. The maximum atomic E-state index is 11.5. The lowest BCUT2D eigenvalue weighted by Crippen LogP contribution is -2.20. The molecule has 1 aromatic carbocycles. The van der Waals surface area contributed by atoms with Crippen molar-refractivity contribution in [3.63, 3.8) is 0 Å². The van der Waals surface area contributed by atoms with Crippen LogP contribution in [0.5, 0.6) is 0 Å². The molecule has 0 bridgehead atoms. The number of carbonyl (C=O) groups is 1. The van der Waals surface area contributed by atoms with Crippen molar-refractivity contribution in [3.8, 4) is 0 Å². The fourth-order valence-electron chi connectivity index (χ4n) is 1.52. The number of nitrogens with one attached hydrogen (secondary N) is 1. The van der Waals surface area contributed by atoms with E-state index in [0.717, 1.165) is 11.4 Å². The summed E-state index contributed by atoms with van der Waals surface area (Å²) in [4.78, 5) is 13.5. The summed E-state index contributed by atoms with van der Waals surface area (Å²) in [6, 6.07) is 7.48. The number of anilines is 2. The van der Waals surface area contributed by atoms with Crippen LogP contribution in [0.1, 0.15) is 6.92 Å². The van der Waals surface area contributed by atoms with Crippen molar-refractivity contribution in [3.05, 3.63) is 48.6 Å². The maximum Gasteiger partial charge on any atom is 0.248 e. The topological polar surface area (TPSA) is 52.6 Å². The highest BCUT2D eigenvalue weighted by Gasteiger charge is 2.01. The molecule has 0 unspecified atom stereocenters. The summed E-state index contributed by atoms with van der Waals surface area (Å²) in [6.45, 7) is 2.59. The van der Waals surface area contributed by atoms with Crippen LogP contribution in [0.3, 0.4) is 0 Å². The Labute approximate surface area is 114 Å². The van der Waals surface area contributed by atoms with Crippen molar-refractivity contribution < 1.29 is 9.90 Å². The van der Waals surface area contributed by atoms with Crippen molar-refractivity contribution in [1.29, 1.82) is 0 Å². The van der Waals surface area contributed by atoms with Crippen LogP contribution in [0, 0.1) is 0 Å². The van der Waals surface area contributed by atoms with Gasteiger partial charge in [-0.1, -0.05) is 18.2 Å². The highest BCUT2D eigenvalue weighted by molar-refractivity contribution is 5.99. The van der Waals surface area contributed by atoms with Gasteiger partial charge in [0.2, 0.25) is 5.91 Å². The number of amides is 1. The van der Waals surface area contributed by atoms with Gasteiger partial charge in [0, 0.05) is 31.0 Å². The predicted molar refractivity (Wildman–Crippen MR) is 79.4 cm³/mol. The lowest BCUT2D eigenvalue weighted by atomic mass is 10.2. The average Bonchev–Trinajstić information content (AvgIpc) is 2.40. The third-order valence-corrected chi connectivity index (χ3v) is 2.56. The first-order valence-electron chi connectivity index (χ1n) is 6.19. The molecule has 0 saturated carbocycles. The van der Waals surface area contributed by atoms with E-state index in [0.29, 0.717) is 6.54 Å². The van der Waals surface area contributed by atoms with E-state index in [2.05, 4.69) is 5.32 Å². The van der Waals surface area contributed by atoms with Gasteiger partial charge < -0.3 is 15.3 Å². The normalized spacial score (nSPS) is 11.1. The highest BCUT2D eigenvalue weighted by atomic mass is 16.3. The van der Waals surface area contributed by atoms with E-state index in [9.17, 15) is 4.79 Å². The van der Waals surface area contributed by atoms with Crippen LogP contribution in [0.2, 0.25) is 0 Å². The Kier molecular flexibility index (Phi) is 6.39. The highest BCUT2D eigenvalue weighted by Crippen LogP contribution is 2.16. The largest absolute Gasteiger partial charge is 0.395 e. The van der Waals surface area contributed by atoms with Gasteiger partial charge in [0.1, 0.15) is 0 Å². The Bertz CT molecular complexity index is 450. The van der Waals surface area contributed by atoms with E-state index in [1.54, 1.807) is 12.2 Å². The Hall–Kier alpha value is -2.07. The number of aliphatic hydroxyl groups is 1. The van der Waals surface area contributed by atoms with E-state index in [4.69, 9.17) is 5.11 Å². The van der Waals surface area contributed by atoms with Crippen LogP contribution in [-0.4, -0.2) is 31.2 Å². The molecule has 0 fully saturated rings. The molecule has 0 atom stereocenters. The summed E-state index contributed by atoms with van der Waals surface area (Å²) in [7, 11) is 1.91. The third kappa shape index (κ3) is 5.40. The van der Waals surface area contributed by atoms with Crippen molar-refractivity contribution >= 4 is 17.3 Å². The second-order valence-corrected chi connectivity index (χ2v) is 4.07. The molecule has 2 N–H and O–H groups in total. The molecule has 0 spiro atoms. The zero-order valence-corrected chi connectivity index (χ0v) is 11.3. The van der Waals surface area contributed by atoms with Crippen molar-refractivity contribution in [2.45, 2.75) is 6.92 Å². The molecule has 0 aliphatic carbocycles. The molecule has 0 aromatic heterocycles. The van der Waals surface area contributed by atoms with Crippen molar-refractivity contribution in [2.24, 2.45) is 0 Å². The van der Waals surface area contributed by atoms with Crippen molar-refractivity contribution in [2.75, 3.05) is 30.4 Å². The molecule has 0 heterocycles. The molecule has 1 aromatic rings. The van der Waals surface area contributed by atoms with Gasteiger partial charge in [-0.2, -0.15) is 0 Å². The number of carbonyl (C=O) groups excluding carboxylic acids is 1. The molecule has 102 valence electrons. The standard InChI is InChI=1S/C15H20N2O2/c1-3-4-5-6-15(19)16-13-7-9-14(10-8-13)17(2)11-12-18/h3-10,18H,11-12H2,1-2H3,(H,16,19). The molecule has 4 heteroatoms. The summed E-state index contributed by atoms with van der Waals surface area (Å²) < 4.78 is 0. The second kappa shape index (κ2) is 8.11. The van der Waals surface area contributed by atoms with E-state index < -0.39 is 0 Å². The van der Waals surface area contributed by atoms with Gasteiger partial charge in [0.15, 0.2) is 0 Å². The van der Waals surface area contributed by atoms with Crippen LogP contribution < -0.4 is 10.2 Å². The summed E-state index contributed by atoms with van der Waals surface area (Å²) in [5, 5.41) is 11.6. The van der Waals surface area contributed by atoms with Crippen molar-refractivity contribution in [1.82, 2.24) is 0 Å². The fourth-order valence-corrected chi connectivity index (χ4v) is 1.52. The molecule has 0 saturated heterocycles. The lowest BCUT2D eigenvalue weighted by molar-refractivity contribution is -0.111. The molecular weight excluding hydrogens is 240 g/mol. The van der Waals surface area contributed by atoms with Gasteiger partial charge in [0.05, 0.1) is 6.61 Å². The number of benzene rings is 1. The Morgan fingerprint density at radius 3 is 2.58 bits per heavy atom. The number of nitrogens with zero attached hydrogens (tertiary/aromatic N) is 1. The molecule has 1 amide bonds. The van der Waals surface area contributed by atoms with Crippen LogP contribution in [0.4, 0.5) is 11.4 Å². The zero-order chi connectivity index (χ0) is 14.1. The first-order valence-corrected chi connectivity index (χ1v) is 6.19. The number of allylic oxidation sites excluding steroid dienone is 3. The van der Waals surface area contributed by atoms with Crippen LogP contribution >= 0.6 is 0 Å².